The molecule has 0 saturated carbocycles. The molecule has 0 aliphatic carbocycles. The standard InChI is InChI=1S/C27H32N2O8/c1-18(2)23(24(30)37-22-14-19(3)28(15-22)25(31)32)29(26(33)35-16-20-10-6-4-7-11-20)27(34)36-17-21-12-8-5-9-13-21/h4-13,18-19,22-23H,14-17H2,1-3H3,(H,31,32)/t19-,22-,23+/m1/s1. The largest absolute Gasteiger partial charge is 0.465 e. The second-order valence-electron chi connectivity index (χ2n) is 9.22. The number of amides is 3. The Labute approximate surface area is 215 Å². The van der Waals surface area contributed by atoms with Gasteiger partial charge in [-0.3, -0.25) is 0 Å². The first kappa shape index (κ1) is 27.5. The summed E-state index contributed by atoms with van der Waals surface area (Å²) >= 11 is 0. The predicted molar refractivity (Wildman–Crippen MR) is 132 cm³/mol. The zero-order valence-corrected chi connectivity index (χ0v) is 21.1. The van der Waals surface area contributed by atoms with Gasteiger partial charge in [-0.2, -0.15) is 4.90 Å². The second kappa shape index (κ2) is 12.8. The highest BCUT2D eigenvalue weighted by Gasteiger charge is 2.43. The first-order valence-corrected chi connectivity index (χ1v) is 12.1. The van der Waals surface area contributed by atoms with Gasteiger partial charge in [-0.05, 0) is 24.0 Å². The summed E-state index contributed by atoms with van der Waals surface area (Å²) in [6.07, 6.45) is -3.61. The number of ether oxygens (including phenoxy) is 3. The van der Waals surface area contributed by atoms with Crippen molar-refractivity contribution in [2.75, 3.05) is 6.54 Å². The second-order valence-corrected chi connectivity index (χ2v) is 9.22. The van der Waals surface area contributed by atoms with E-state index in [1.54, 1.807) is 69.3 Å². The number of rotatable bonds is 8. The third kappa shape index (κ3) is 7.45. The van der Waals surface area contributed by atoms with Crippen molar-refractivity contribution >= 4 is 24.2 Å². The molecule has 0 unspecified atom stereocenters. The fourth-order valence-corrected chi connectivity index (χ4v) is 4.12. The molecule has 1 fully saturated rings. The maximum Gasteiger partial charge on any atom is 0.420 e. The fraction of sp³-hybridized carbons (Fsp3) is 0.407. The molecule has 10 nitrogen and oxygen atoms in total. The molecule has 198 valence electrons. The molecule has 0 radical (unpaired) electrons. The van der Waals surface area contributed by atoms with E-state index in [2.05, 4.69) is 0 Å². The molecule has 1 saturated heterocycles. The van der Waals surface area contributed by atoms with Gasteiger partial charge >= 0.3 is 24.2 Å². The van der Waals surface area contributed by atoms with Crippen molar-refractivity contribution in [1.82, 2.24) is 9.80 Å². The molecule has 1 aliphatic heterocycles. The summed E-state index contributed by atoms with van der Waals surface area (Å²) in [5, 5.41) is 9.33. The Hall–Kier alpha value is -4.08. The zero-order valence-electron chi connectivity index (χ0n) is 21.1. The summed E-state index contributed by atoms with van der Waals surface area (Å²) in [5.41, 5.74) is 1.40. The minimum atomic E-state index is -1.35. The minimum absolute atomic E-state index is 0.00393. The van der Waals surface area contributed by atoms with Crippen LogP contribution in [0.3, 0.4) is 0 Å². The van der Waals surface area contributed by atoms with E-state index in [1.807, 2.05) is 12.1 Å². The Kier molecular flexibility index (Phi) is 9.48. The Morgan fingerprint density at radius 2 is 1.41 bits per heavy atom. The van der Waals surface area contributed by atoms with Gasteiger partial charge in [-0.1, -0.05) is 74.5 Å². The Morgan fingerprint density at radius 1 is 0.919 bits per heavy atom. The number of likely N-dealkylation sites (tertiary alicyclic amines) is 1. The van der Waals surface area contributed by atoms with Gasteiger partial charge in [-0.25, -0.2) is 19.2 Å². The van der Waals surface area contributed by atoms with Gasteiger partial charge in [0.05, 0.1) is 6.54 Å². The third-order valence-corrected chi connectivity index (χ3v) is 6.02. The summed E-state index contributed by atoms with van der Waals surface area (Å²) in [6, 6.07) is 16.1. The molecule has 0 bridgehead atoms. The molecule has 0 spiro atoms. The van der Waals surface area contributed by atoms with Gasteiger partial charge in [0.25, 0.3) is 0 Å². The van der Waals surface area contributed by atoms with E-state index in [9.17, 15) is 24.3 Å². The number of imide groups is 1. The molecule has 0 aromatic heterocycles. The number of esters is 1. The number of nitrogens with zero attached hydrogens (tertiary/aromatic N) is 2. The van der Waals surface area contributed by atoms with Gasteiger partial charge in [0.2, 0.25) is 0 Å². The van der Waals surface area contributed by atoms with Crippen LogP contribution in [0.2, 0.25) is 0 Å². The van der Waals surface area contributed by atoms with Gasteiger partial charge in [0.15, 0.2) is 0 Å². The Morgan fingerprint density at radius 3 is 1.81 bits per heavy atom. The lowest BCUT2D eigenvalue weighted by Gasteiger charge is -2.30. The third-order valence-electron chi connectivity index (χ3n) is 6.02. The number of carboxylic acid groups (broad SMARTS) is 1. The lowest BCUT2D eigenvalue weighted by atomic mass is 10.0. The van der Waals surface area contributed by atoms with E-state index in [-0.39, 0.29) is 25.8 Å². The lowest BCUT2D eigenvalue weighted by molar-refractivity contribution is -0.155. The highest BCUT2D eigenvalue weighted by molar-refractivity contribution is 5.94. The molecule has 1 heterocycles. The number of carbonyl (C=O) groups is 4. The van der Waals surface area contributed by atoms with Crippen LogP contribution in [0, 0.1) is 5.92 Å². The van der Waals surface area contributed by atoms with Gasteiger partial charge in [-0.15, -0.1) is 0 Å². The van der Waals surface area contributed by atoms with Crippen molar-refractivity contribution in [3.63, 3.8) is 0 Å². The number of benzene rings is 2. The van der Waals surface area contributed by atoms with Crippen LogP contribution in [-0.2, 0) is 32.2 Å². The van der Waals surface area contributed by atoms with Gasteiger partial charge < -0.3 is 24.2 Å². The number of carbonyl (C=O) groups excluding carboxylic acids is 3. The highest BCUT2D eigenvalue weighted by Crippen LogP contribution is 2.23. The Bertz CT molecular complexity index is 1020. The number of hydrogen-bond donors (Lipinski definition) is 1. The van der Waals surface area contributed by atoms with Crippen molar-refractivity contribution < 1.29 is 38.5 Å². The van der Waals surface area contributed by atoms with Crippen molar-refractivity contribution in [1.29, 1.82) is 0 Å². The maximum atomic E-state index is 13.3. The van der Waals surface area contributed by atoms with Crippen LogP contribution in [-0.4, -0.2) is 63.9 Å². The predicted octanol–water partition coefficient (Wildman–Crippen LogP) is 4.67. The smallest absolute Gasteiger partial charge is 0.420 e. The Balaban J connectivity index is 1.78. The van der Waals surface area contributed by atoms with E-state index >= 15 is 0 Å². The van der Waals surface area contributed by atoms with E-state index < -0.39 is 42.3 Å². The molecule has 3 amide bonds. The maximum absolute atomic E-state index is 13.3. The summed E-state index contributed by atoms with van der Waals surface area (Å²) in [4.78, 5) is 52.8. The van der Waals surface area contributed by atoms with Crippen LogP contribution in [0.1, 0.15) is 38.3 Å². The van der Waals surface area contributed by atoms with Crippen LogP contribution in [0.4, 0.5) is 14.4 Å². The normalized spacial score (nSPS) is 17.7. The molecule has 37 heavy (non-hydrogen) atoms. The molecule has 1 N–H and O–H groups in total. The zero-order chi connectivity index (χ0) is 26.9. The van der Waals surface area contributed by atoms with Crippen molar-refractivity contribution in [3.05, 3.63) is 71.8 Å². The molecule has 3 rings (SSSR count). The first-order chi connectivity index (χ1) is 17.7. The monoisotopic (exact) mass is 512 g/mol. The van der Waals surface area contributed by atoms with Gasteiger partial charge in [0, 0.05) is 12.5 Å². The lowest BCUT2D eigenvalue weighted by Crippen LogP contribution is -2.52. The van der Waals surface area contributed by atoms with Crippen LogP contribution >= 0.6 is 0 Å². The topological polar surface area (TPSA) is 123 Å². The quantitative estimate of drug-likeness (QED) is 0.400. The molecule has 3 atom stereocenters. The molecule has 2 aromatic carbocycles. The fourth-order valence-electron chi connectivity index (χ4n) is 4.12. The van der Waals surface area contributed by atoms with Gasteiger partial charge in [0.1, 0.15) is 25.4 Å². The van der Waals surface area contributed by atoms with E-state index in [0.717, 1.165) is 0 Å². The molecule has 2 aromatic rings. The average Bonchev–Trinajstić information content (AvgIpc) is 3.25. The highest BCUT2D eigenvalue weighted by atomic mass is 16.6. The van der Waals surface area contributed by atoms with Crippen molar-refractivity contribution in [3.8, 4) is 0 Å². The van der Waals surface area contributed by atoms with E-state index in [4.69, 9.17) is 14.2 Å². The van der Waals surface area contributed by atoms with Crippen LogP contribution in [0.5, 0.6) is 0 Å². The van der Waals surface area contributed by atoms with Crippen LogP contribution in [0.25, 0.3) is 0 Å². The first-order valence-electron chi connectivity index (χ1n) is 12.1. The SMILES string of the molecule is CC(C)[C@@H](C(=O)O[C@@H]1C[C@@H](C)N(C(=O)O)C1)N(C(=O)OCc1ccccc1)C(=O)OCc1ccccc1. The summed E-state index contributed by atoms with van der Waals surface area (Å²) < 4.78 is 16.3. The van der Waals surface area contributed by atoms with Crippen LogP contribution < -0.4 is 0 Å². The molecular weight excluding hydrogens is 480 g/mol. The summed E-state index contributed by atoms with van der Waals surface area (Å²) in [6.45, 7) is 4.81. The minimum Gasteiger partial charge on any atom is -0.465 e. The van der Waals surface area contributed by atoms with Crippen LogP contribution in [0.15, 0.2) is 60.7 Å². The molecular formula is C27H32N2O8. The molecule has 10 heteroatoms. The molecule has 1 aliphatic rings. The number of hydrogen-bond acceptors (Lipinski definition) is 7. The summed E-state index contributed by atoms with van der Waals surface area (Å²) in [7, 11) is 0. The van der Waals surface area contributed by atoms with E-state index in [0.29, 0.717) is 22.4 Å². The van der Waals surface area contributed by atoms with Crippen molar-refractivity contribution in [2.24, 2.45) is 5.92 Å². The average molecular weight is 513 g/mol. The van der Waals surface area contributed by atoms with Crippen molar-refractivity contribution in [2.45, 2.75) is 58.6 Å². The van der Waals surface area contributed by atoms with E-state index in [1.165, 1.54) is 4.90 Å². The summed E-state index contributed by atoms with van der Waals surface area (Å²) in [5.74, 6) is -1.39.